The number of rotatable bonds is 2. The van der Waals surface area contributed by atoms with Crippen molar-refractivity contribution in [1.29, 1.82) is 0 Å². The molecule has 1 aliphatic heterocycles. The number of anilines is 1. The highest BCUT2D eigenvalue weighted by atomic mass is 16.5. The molecule has 0 radical (unpaired) electrons. The van der Waals surface area contributed by atoms with Crippen LogP contribution in [-0.2, 0) is 6.54 Å². The minimum absolute atomic E-state index is 0.0923. The van der Waals surface area contributed by atoms with Crippen molar-refractivity contribution in [2.45, 2.75) is 26.4 Å². The SMILES string of the molecule is CC(C)N1CCn2ncc(NO)c2C1=O. The van der Waals surface area contributed by atoms with E-state index >= 15 is 0 Å². The Kier molecular flexibility index (Phi) is 2.36. The molecule has 0 spiro atoms. The van der Waals surface area contributed by atoms with Crippen molar-refractivity contribution in [3.05, 3.63) is 11.9 Å². The molecule has 0 aliphatic carbocycles. The van der Waals surface area contributed by atoms with Crippen LogP contribution in [0.15, 0.2) is 6.20 Å². The number of nitrogens with zero attached hydrogens (tertiary/aromatic N) is 3. The number of fused-ring (bicyclic) bond motifs is 1. The van der Waals surface area contributed by atoms with E-state index in [1.54, 1.807) is 9.58 Å². The predicted octanol–water partition coefficient (Wildman–Crippen LogP) is 0.548. The van der Waals surface area contributed by atoms with Gasteiger partial charge in [-0.2, -0.15) is 5.10 Å². The van der Waals surface area contributed by atoms with Crippen molar-refractivity contribution in [2.24, 2.45) is 0 Å². The molecule has 0 saturated carbocycles. The maximum absolute atomic E-state index is 12.0. The summed E-state index contributed by atoms with van der Waals surface area (Å²) in [7, 11) is 0. The largest absolute Gasteiger partial charge is 0.333 e. The molecule has 0 aromatic carbocycles. The number of hydrogen-bond donors (Lipinski definition) is 2. The number of aromatic nitrogens is 2. The molecule has 0 atom stereocenters. The van der Waals surface area contributed by atoms with Gasteiger partial charge in [0.2, 0.25) is 0 Å². The first-order chi connectivity index (χ1) is 7.15. The van der Waals surface area contributed by atoms with Gasteiger partial charge in [-0.05, 0) is 13.8 Å². The lowest BCUT2D eigenvalue weighted by Crippen LogP contribution is -2.44. The van der Waals surface area contributed by atoms with E-state index in [1.807, 2.05) is 19.3 Å². The van der Waals surface area contributed by atoms with Gasteiger partial charge in [-0.15, -0.1) is 0 Å². The molecule has 82 valence electrons. The molecule has 0 bridgehead atoms. The van der Waals surface area contributed by atoms with Gasteiger partial charge < -0.3 is 4.90 Å². The third kappa shape index (κ3) is 1.46. The van der Waals surface area contributed by atoms with E-state index in [1.165, 1.54) is 6.20 Å². The summed E-state index contributed by atoms with van der Waals surface area (Å²) < 4.78 is 1.61. The molecule has 2 N–H and O–H groups in total. The van der Waals surface area contributed by atoms with Gasteiger partial charge in [0.25, 0.3) is 5.91 Å². The zero-order chi connectivity index (χ0) is 11.0. The average molecular weight is 210 g/mol. The summed E-state index contributed by atoms with van der Waals surface area (Å²) in [5.41, 5.74) is 2.79. The zero-order valence-corrected chi connectivity index (χ0v) is 8.77. The number of carbonyl (C=O) groups excluding carboxylic acids is 1. The van der Waals surface area contributed by atoms with Gasteiger partial charge in [0.1, 0.15) is 5.69 Å². The van der Waals surface area contributed by atoms with Crippen LogP contribution < -0.4 is 5.48 Å². The topological polar surface area (TPSA) is 70.4 Å². The predicted molar refractivity (Wildman–Crippen MR) is 53.8 cm³/mol. The zero-order valence-electron chi connectivity index (χ0n) is 8.77. The van der Waals surface area contributed by atoms with E-state index in [2.05, 4.69) is 5.10 Å². The summed E-state index contributed by atoms with van der Waals surface area (Å²) in [4.78, 5) is 13.8. The smallest absolute Gasteiger partial charge is 0.274 e. The summed E-state index contributed by atoms with van der Waals surface area (Å²) in [6, 6.07) is 0.160. The number of hydrogen-bond acceptors (Lipinski definition) is 4. The molecule has 0 fully saturated rings. The van der Waals surface area contributed by atoms with Crippen molar-refractivity contribution in [1.82, 2.24) is 14.7 Å². The van der Waals surface area contributed by atoms with Crippen LogP contribution in [0.25, 0.3) is 0 Å². The molecule has 6 nitrogen and oxygen atoms in total. The van der Waals surface area contributed by atoms with Gasteiger partial charge in [-0.25, -0.2) is 0 Å². The summed E-state index contributed by atoms with van der Waals surface area (Å²) in [5, 5.41) is 12.9. The molecular weight excluding hydrogens is 196 g/mol. The Bertz CT molecular complexity index is 372. The molecule has 0 saturated heterocycles. The van der Waals surface area contributed by atoms with Crippen LogP contribution in [0.2, 0.25) is 0 Å². The minimum atomic E-state index is -0.0923. The lowest BCUT2D eigenvalue weighted by molar-refractivity contribution is 0.0642. The highest BCUT2D eigenvalue weighted by Gasteiger charge is 2.29. The fourth-order valence-electron chi connectivity index (χ4n) is 1.80. The minimum Gasteiger partial charge on any atom is -0.333 e. The van der Waals surface area contributed by atoms with Crippen molar-refractivity contribution in [3.63, 3.8) is 0 Å². The molecule has 1 aliphatic rings. The third-order valence-electron chi connectivity index (χ3n) is 2.60. The Labute approximate surface area is 87.4 Å². The number of carbonyl (C=O) groups is 1. The van der Waals surface area contributed by atoms with Gasteiger partial charge in [-0.1, -0.05) is 0 Å². The lowest BCUT2D eigenvalue weighted by atomic mass is 10.2. The molecule has 0 unspecified atom stereocenters. The normalized spacial score (nSPS) is 15.7. The van der Waals surface area contributed by atoms with E-state index in [0.29, 0.717) is 24.5 Å². The lowest BCUT2D eigenvalue weighted by Gasteiger charge is -2.31. The first-order valence-electron chi connectivity index (χ1n) is 4.92. The van der Waals surface area contributed by atoms with Gasteiger partial charge in [0.05, 0.1) is 12.7 Å². The second kappa shape index (κ2) is 3.54. The summed E-state index contributed by atoms with van der Waals surface area (Å²) >= 11 is 0. The molecule has 1 amide bonds. The van der Waals surface area contributed by atoms with Gasteiger partial charge in [0, 0.05) is 12.6 Å². The van der Waals surface area contributed by atoms with Crippen molar-refractivity contribution in [2.75, 3.05) is 12.0 Å². The second-order valence-corrected chi connectivity index (χ2v) is 3.83. The van der Waals surface area contributed by atoms with Crippen LogP contribution in [0.5, 0.6) is 0 Å². The average Bonchev–Trinajstić information content (AvgIpc) is 2.61. The second-order valence-electron chi connectivity index (χ2n) is 3.83. The van der Waals surface area contributed by atoms with Crippen LogP contribution in [0.1, 0.15) is 24.3 Å². The molecule has 1 aromatic heterocycles. The van der Waals surface area contributed by atoms with E-state index in [4.69, 9.17) is 5.21 Å². The number of amides is 1. The van der Waals surface area contributed by atoms with Gasteiger partial charge in [0.15, 0.2) is 5.69 Å². The molecule has 15 heavy (non-hydrogen) atoms. The number of nitrogens with one attached hydrogen (secondary N) is 1. The Morgan fingerprint density at radius 2 is 2.27 bits per heavy atom. The molecule has 2 rings (SSSR count). The quantitative estimate of drug-likeness (QED) is 0.699. The first kappa shape index (κ1) is 9.97. The summed E-state index contributed by atoms with van der Waals surface area (Å²) in [6.07, 6.45) is 1.46. The van der Waals surface area contributed by atoms with Crippen molar-refractivity contribution >= 4 is 11.6 Å². The summed E-state index contributed by atoms with van der Waals surface area (Å²) in [6.45, 7) is 5.27. The van der Waals surface area contributed by atoms with Crippen LogP contribution in [-0.4, -0.2) is 38.4 Å². The third-order valence-corrected chi connectivity index (χ3v) is 2.60. The van der Waals surface area contributed by atoms with Crippen molar-refractivity contribution < 1.29 is 10.0 Å². The van der Waals surface area contributed by atoms with Crippen LogP contribution >= 0.6 is 0 Å². The fourth-order valence-corrected chi connectivity index (χ4v) is 1.80. The highest BCUT2D eigenvalue weighted by Crippen LogP contribution is 2.21. The van der Waals surface area contributed by atoms with Crippen molar-refractivity contribution in [3.8, 4) is 0 Å². The first-order valence-corrected chi connectivity index (χ1v) is 4.92. The monoisotopic (exact) mass is 210 g/mol. The molecule has 1 aromatic rings. The maximum Gasteiger partial charge on any atom is 0.274 e. The Balaban J connectivity index is 2.39. The van der Waals surface area contributed by atoms with E-state index in [-0.39, 0.29) is 11.9 Å². The van der Waals surface area contributed by atoms with Crippen LogP contribution in [0.4, 0.5) is 5.69 Å². The molecule has 6 heteroatoms. The fraction of sp³-hybridized carbons (Fsp3) is 0.556. The Hall–Kier alpha value is -1.56. The van der Waals surface area contributed by atoms with Gasteiger partial charge >= 0.3 is 0 Å². The van der Waals surface area contributed by atoms with E-state index in [0.717, 1.165) is 0 Å². The summed E-state index contributed by atoms with van der Waals surface area (Å²) in [5.74, 6) is -0.0923. The van der Waals surface area contributed by atoms with Crippen LogP contribution in [0.3, 0.4) is 0 Å². The van der Waals surface area contributed by atoms with Gasteiger partial charge in [-0.3, -0.25) is 20.2 Å². The standard InChI is InChI=1S/C9H14N4O2/c1-6(2)12-3-4-13-8(9(12)14)7(11-15)5-10-13/h5-6,11,15H,3-4H2,1-2H3. The molecule has 2 heterocycles. The Morgan fingerprint density at radius 1 is 1.53 bits per heavy atom. The maximum atomic E-state index is 12.0. The van der Waals surface area contributed by atoms with E-state index < -0.39 is 0 Å². The Morgan fingerprint density at radius 3 is 2.87 bits per heavy atom. The van der Waals surface area contributed by atoms with E-state index in [9.17, 15) is 4.79 Å². The molecular formula is C9H14N4O2. The highest BCUT2D eigenvalue weighted by molar-refractivity contribution is 5.98. The van der Waals surface area contributed by atoms with Crippen LogP contribution in [0, 0.1) is 0 Å².